The van der Waals surface area contributed by atoms with Gasteiger partial charge >= 0.3 is 0 Å². The minimum Gasteiger partial charge on any atom is -0.490 e. The predicted octanol–water partition coefficient (Wildman–Crippen LogP) is 4.33. The standard InChI is InChI=1S/C25H31N5O3/c1-5-31-21-11-10-17(14-22(21)32-6-2)25-28-24(29-33-25)19-8-7-9-20-23(19)18(16-27-20)15-26-12-13-30(3)4/h7-11,14,16,26-27H,5-6,12-13,15H2,1-4H3. The molecule has 0 aliphatic carbocycles. The van der Waals surface area contributed by atoms with Gasteiger partial charge in [-0.05, 0) is 57.8 Å². The molecule has 0 fully saturated rings. The van der Waals surface area contributed by atoms with Gasteiger partial charge in [0.05, 0.1) is 13.2 Å². The highest BCUT2D eigenvalue weighted by molar-refractivity contribution is 5.96. The lowest BCUT2D eigenvalue weighted by molar-refractivity contribution is 0.288. The van der Waals surface area contributed by atoms with E-state index in [1.165, 1.54) is 5.56 Å². The second kappa shape index (κ2) is 10.5. The number of aromatic nitrogens is 3. The Morgan fingerprint density at radius 2 is 1.88 bits per heavy atom. The Bertz CT molecular complexity index is 1200. The van der Waals surface area contributed by atoms with Crippen LogP contribution in [0.5, 0.6) is 11.5 Å². The Kier molecular flexibility index (Phi) is 7.26. The maximum absolute atomic E-state index is 5.74. The smallest absolute Gasteiger partial charge is 0.258 e. The third-order valence-corrected chi connectivity index (χ3v) is 5.30. The van der Waals surface area contributed by atoms with E-state index in [1.807, 2.05) is 50.4 Å². The van der Waals surface area contributed by atoms with Crippen LogP contribution in [0, 0.1) is 0 Å². The molecule has 0 atom stereocenters. The summed E-state index contributed by atoms with van der Waals surface area (Å²) in [7, 11) is 4.14. The number of likely N-dealkylation sites (N-methyl/N-ethyl adjacent to an activating group) is 1. The average molecular weight is 450 g/mol. The normalized spacial score (nSPS) is 11.4. The van der Waals surface area contributed by atoms with Crippen molar-refractivity contribution in [3.8, 4) is 34.3 Å². The summed E-state index contributed by atoms with van der Waals surface area (Å²) in [5.74, 6) is 2.35. The Labute approximate surface area is 193 Å². The number of nitrogens with zero attached hydrogens (tertiary/aromatic N) is 3. The van der Waals surface area contributed by atoms with E-state index in [9.17, 15) is 0 Å². The number of fused-ring (bicyclic) bond motifs is 1. The van der Waals surface area contributed by atoms with Crippen LogP contribution >= 0.6 is 0 Å². The minimum atomic E-state index is 0.437. The molecule has 4 aromatic rings. The van der Waals surface area contributed by atoms with Crippen LogP contribution in [0.3, 0.4) is 0 Å². The number of H-pyrrole nitrogens is 1. The second-order valence-electron chi connectivity index (χ2n) is 7.97. The highest BCUT2D eigenvalue weighted by Gasteiger charge is 2.17. The highest BCUT2D eigenvalue weighted by Crippen LogP contribution is 2.34. The largest absolute Gasteiger partial charge is 0.490 e. The first kappa shape index (κ1) is 22.8. The van der Waals surface area contributed by atoms with Gasteiger partial charge in [-0.1, -0.05) is 17.3 Å². The molecule has 8 heteroatoms. The molecule has 0 bridgehead atoms. The van der Waals surface area contributed by atoms with Gasteiger partial charge in [0.2, 0.25) is 5.82 Å². The Morgan fingerprint density at radius 3 is 2.67 bits per heavy atom. The molecule has 33 heavy (non-hydrogen) atoms. The molecule has 4 rings (SSSR count). The van der Waals surface area contributed by atoms with E-state index in [4.69, 9.17) is 19.0 Å². The molecule has 0 amide bonds. The molecular weight excluding hydrogens is 418 g/mol. The summed E-state index contributed by atoms with van der Waals surface area (Å²) in [6, 6.07) is 11.7. The van der Waals surface area contributed by atoms with Crippen molar-refractivity contribution in [2.24, 2.45) is 0 Å². The monoisotopic (exact) mass is 449 g/mol. The fourth-order valence-electron chi connectivity index (χ4n) is 3.74. The van der Waals surface area contributed by atoms with Gasteiger partial charge in [-0.2, -0.15) is 4.98 Å². The van der Waals surface area contributed by atoms with Gasteiger partial charge in [0.1, 0.15) is 0 Å². The van der Waals surface area contributed by atoms with Gasteiger partial charge < -0.3 is 29.2 Å². The lowest BCUT2D eigenvalue weighted by Gasteiger charge is -2.11. The van der Waals surface area contributed by atoms with Crippen LogP contribution in [0.1, 0.15) is 19.4 Å². The third-order valence-electron chi connectivity index (χ3n) is 5.30. The van der Waals surface area contributed by atoms with Crippen molar-refractivity contribution in [3.05, 3.63) is 48.2 Å². The lowest BCUT2D eigenvalue weighted by Crippen LogP contribution is -2.26. The molecule has 2 heterocycles. The van der Waals surface area contributed by atoms with E-state index < -0.39 is 0 Å². The maximum Gasteiger partial charge on any atom is 0.258 e. The van der Waals surface area contributed by atoms with Crippen molar-refractivity contribution < 1.29 is 14.0 Å². The van der Waals surface area contributed by atoms with Gasteiger partial charge in [-0.3, -0.25) is 0 Å². The first-order chi connectivity index (χ1) is 16.1. The molecule has 0 aliphatic rings. The number of ether oxygens (including phenoxy) is 2. The van der Waals surface area contributed by atoms with Crippen LogP contribution in [-0.2, 0) is 6.54 Å². The molecule has 2 N–H and O–H groups in total. The third kappa shape index (κ3) is 5.18. The number of benzene rings is 2. The summed E-state index contributed by atoms with van der Waals surface area (Å²) in [4.78, 5) is 10.2. The number of hydrogen-bond acceptors (Lipinski definition) is 7. The van der Waals surface area contributed by atoms with Gasteiger partial charge in [-0.15, -0.1) is 0 Å². The molecule has 8 nitrogen and oxygen atoms in total. The maximum atomic E-state index is 5.74. The molecule has 0 unspecified atom stereocenters. The van der Waals surface area contributed by atoms with E-state index in [0.29, 0.717) is 36.4 Å². The fraction of sp³-hybridized carbons (Fsp3) is 0.360. The Balaban J connectivity index is 1.63. The summed E-state index contributed by atoms with van der Waals surface area (Å²) < 4.78 is 17.0. The number of hydrogen-bond donors (Lipinski definition) is 2. The van der Waals surface area contributed by atoms with Crippen molar-refractivity contribution in [1.82, 2.24) is 25.3 Å². The van der Waals surface area contributed by atoms with Gasteiger partial charge in [0.25, 0.3) is 5.89 Å². The first-order valence-corrected chi connectivity index (χ1v) is 11.3. The highest BCUT2D eigenvalue weighted by atomic mass is 16.5. The number of rotatable bonds is 11. The predicted molar refractivity (Wildman–Crippen MR) is 130 cm³/mol. The molecule has 0 aliphatic heterocycles. The van der Waals surface area contributed by atoms with E-state index in [-0.39, 0.29) is 0 Å². The topological polar surface area (TPSA) is 88.4 Å². The number of nitrogens with one attached hydrogen (secondary N) is 2. The molecule has 0 radical (unpaired) electrons. The van der Waals surface area contributed by atoms with Crippen molar-refractivity contribution in [2.75, 3.05) is 40.4 Å². The molecule has 0 spiro atoms. The zero-order valence-corrected chi connectivity index (χ0v) is 19.6. The van der Waals surface area contributed by atoms with E-state index in [2.05, 4.69) is 40.5 Å². The summed E-state index contributed by atoms with van der Waals surface area (Å²) >= 11 is 0. The zero-order valence-electron chi connectivity index (χ0n) is 19.6. The van der Waals surface area contributed by atoms with Gasteiger partial charge in [0.15, 0.2) is 11.5 Å². The van der Waals surface area contributed by atoms with Gasteiger partial charge in [-0.25, -0.2) is 0 Å². The molecule has 174 valence electrons. The molecule has 2 aromatic carbocycles. The van der Waals surface area contributed by atoms with Crippen LogP contribution in [0.4, 0.5) is 0 Å². The quantitative estimate of drug-likeness (QED) is 0.329. The number of aromatic amines is 1. The molecule has 0 saturated heterocycles. The SMILES string of the molecule is CCOc1ccc(-c2nc(-c3cccc4[nH]cc(CNCCN(C)C)c34)no2)cc1OCC. The van der Waals surface area contributed by atoms with Crippen LogP contribution < -0.4 is 14.8 Å². The van der Waals surface area contributed by atoms with Crippen molar-refractivity contribution in [1.29, 1.82) is 0 Å². The summed E-state index contributed by atoms with van der Waals surface area (Å²) in [5.41, 5.74) is 3.94. The van der Waals surface area contributed by atoms with Crippen molar-refractivity contribution in [3.63, 3.8) is 0 Å². The van der Waals surface area contributed by atoms with E-state index >= 15 is 0 Å². The second-order valence-corrected chi connectivity index (χ2v) is 7.97. The fourth-order valence-corrected chi connectivity index (χ4v) is 3.74. The van der Waals surface area contributed by atoms with Crippen molar-refractivity contribution >= 4 is 10.9 Å². The first-order valence-electron chi connectivity index (χ1n) is 11.3. The lowest BCUT2D eigenvalue weighted by atomic mass is 10.1. The molecule has 2 aromatic heterocycles. The average Bonchev–Trinajstić information content (AvgIpc) is 3.46. The van der Waals surface area contributed by atoms with Crippen LogP contribution in [0.15, 0.2) is 47.1 Å². The van der Waals surface area contributed by atoms with Crippen molar-refractivity contribution in [2.45, 2.75) is 20.4 Å². The summed E-state index contributed by atoms with van der Waals surface area (Å²) in [6.07, 6.45) is 2.04. The van der Waals surface area contributed by atoms with E-state index in [0.717, 1.165) is 41.7 Å². The van der Waals surface area contributed by atoms with Crippen LogP contribution in [0.25, 0.3) is 33.7 Å². The van der Waals surface area contributed by atoms with E-state index in [1.54, 1.807) is 0 Å². The Hall–Kier alpha value is -3.36. The zero-order chi connectivity index (χ0) is 23.2. The molecule has 0 saturated carbocycles. The van der Waals surface area contributed by atoms with Crippen LogP contribution in [-0.4, -0.2) is 60.4 Å². The summed E-state index contributed by atoms with van der Waals surface area (Å²) in [5, 5.41) is 8.89. The van der Waals surface area contributed by atoms with Crippen LogP contribution in [0.2, 0.25) is 0 Å². The molecular formula is C25H31N5O3. The Morgan fingerprint density at radius 1 is 1.06 bits per heavy atom. The summed E-state index contributed by atoms with van der Waals surface area (Å²) in [6.45, 7) is 7.64. The minimum absolute atomic E-state index is 0.437. The van der Waals surface area contributed by atoms with Gasteiger partial charge in [0, 0.05) is 47.9 Å².